The molecule has 0 unspecified atom stereocenters. The minimum Gasteiger partial charge on any atom is -0.463 e. The zero-order valence-electron chi connectivity index (χ0n) is 17.3. The van der Waals surface area contributed by atoms with Crippen LogP contribution in [0.3, 0.4) is 0 Å². The van der Waals surface area contributed by atoms with Crippen molar-refractivity contribution in [1.82, 2.24) is 20.3 Å². The van der Waals surface area contributed by atoms with Gasteiger partial charge in [-0.1, -0.05) is 19.4 Å². The van der Waals surface area contributed by atoms with Crippen LogP contribution < -0.4 is 21.1 Å². The summed E-state index contributed by atoms with van der Waals surface area (Å²) in [5.74, 6) is 6.05. The van der Waals surface area contributed by atoms with Gasteiger partial charge >= 0.3 is 0 Å². The standard InChI is InChI=1S/C22H25N7O2/c1-3-5-6-14-31-20-16-27-19(15-28-20)22(30)29-17(4-2)9-11-24-12-13-25-18-8-7-10-26-21(18)23/h4,7-11,15-16,25H,2-3,12-14H2,1H3,(H2,23,26)(H,29,30)/b17-9+,24-11?. The van der Waals surface area contributed by atoms with Gasteiger partial charge in [0.2, 0.25) is 5.88 Å². The van der Waals surface area contributed by atoms with E-state index in [1.807, 2.05) is 13.0 Å². The van der Waals surface area contributed by atoms with Crippen molar-refractivity contribution in [2.75, 3.05) is 30.7 Å². The van der Waals surface area contributed by atoms with Gasteiger partial charge in [0.25, 0.3) is 5.91 Å². The third-order valence-electron chi connectivity index (χ3n) is 3.69. The fourth-order valence-electron chi connectivity index (χ4n) is 2.18. The summed E-state index contributed by atoms with van der Waals surface area (Å²) < 4.78 is 5.33. The number of aromatic nitrogens is 3. The Balaban J connectivity index is 1.80. The van der Waals surface area contributed by atoms with Crippen molar-refractivity contribution in [1.29, 1.82) is 0 Å². The maximum absolute atomic E-state index is 12.3. The molecule has 0 saturated carbocycles. The molecule has 31 heavy (non-hydrogen) atoms. The van der Waals surface area contributed by atoms with Gasteiger partial charge in [0.1, 0.15) is 11.5 Å². The van der Waals surface area contributed by atoms with Crippen molar-refractivity contribution in [3.05, 3.63) is 60.8 Å². The molecule has 2 aromatic rings. The highest BCUT2D eigenvalue weighted by Gasteiger charge is 2.09. The lowest BCUT2D eigenvalue weighted by atomic mass is 10.3. The van der Waals surface area contributed by atoms with Gasteiger partial charge in [-0.2, -0.15) is 0 Å². The second-order valence-corrected chi connectivity index (χ2v) is 5.93. The number of nitrogens with zero attached hydrogens (tertiary/aromatic N) is 4. The first-order valence-corrected chi connectivity index (χ1v) is 9.62. The van der Waals surface area contributed by atoms with E-state index in [-0.39, 0.29) is 12.3 Å². The van der Waals surface area contributed by atoms with Gasteiger partial charge in [0, 0.05) is 31.1 Å². The number of allylic oxidation sites excluding steroid dienone is 2. The highest BCUT2D eigenvalue weighted by Crippen LogP contribution is 2.12. The van der Waals surface area contributed by atoms with Crippen LogP contribution in [-0.2, 0) is 0 Å². The summed E-state index contributed by atoms with van der Waals surface area (Å²) in [4.78, 5) is 28.7. The lowest BCUT2D eigenvalue weighted by Crippen LogP contribution is -2.23. The number of amides is 1. The normalized spacial score (nSPS) is 10.8. The molecule has 160 valence electrons. The van der Waals surface area contributed by atoms with Crippen LogP contribution in [0, 0.1) is 11.8 Å². The lowest BCUT2D eigenvalue weighted by molar-refractivity contribution is 0.0961. The summed E-state index contributed by atoms with van der Waals surface area (Å²) in [6, 6.07) is 3.65. The number of nitrogens with two attached hydrogens (primary N) is 1. The highest BCUT2D eigenvalue weighted by atomic mass is 16.5. The van der Waals surface area contributed by atoms with E-state index in [0.717, 1.165) is 12.1 Å². The second-order valence-electron chi connectivity index (χ2n) is 5.93. The molecule has 0 aliphatic heterocycles. The number of pyridine rings is 1. The zero-order chi connectivity index (χ0) is 22.3. The number of carbonyl (C=O) groups is 1. The van der Waals surface area contributed by atoms with Gasteiger partial charge < -0.3 is 21.1 Å². The molecule has 0 aliphatic carbocycles. The Morgan fingerprint density at radius 1 is 1.32 bits per heavy atom. The first kappa shape index (κ1) is 23.1. The number of hydrogen-bond acceptors (Lipinski definition) is 8. The van der Waals surface area contributed by atoms with Crippen LogP contribution in [0.4, 0.5) is 11.5 Å². The predicted molar refractivity (Wildman–Crippen MR) is 122 cm³/mol. The third-order valence-corrected chi connectivity index (χ3v) is 3.69. The molecule has 9 nitrogen and oxygen atoms in total. The Kier molecular flexibility index (Phi) is 9.77. The van der Waals surface area contributed by atoms with E-state index >= 15 is 0 Å². The summed E-state index contributed by atoms with van der Waals surface area (Å²) in [6.45, 7) is 6.97. The topological polar surface area (TPSA) is 127 Å². The summed E-state index contributed by atoms with van der Waals surface area (Å²) >= 11 is 0. The fourth-order valence-corrected chi connectivity index (χ4v) is 2.18. The molecular formula is C22H25N7O2. The summed E-state index contributed by atoms with van der Waals surface area (Å²) in [5, 5.41) is 5.84. The number of rotatable bonds is 10. The number of ether oxygens (including phenoxy) is 1. The fraction of sp³-hybridized carbons (Fsp3) is 0.227. The summed E-state index contributed by atoms with van der Waals surface area (Å²) in [7, 11) is 0. The van der Waals surface area contributed by atoms with Crippen molar-refractivity contribution in [3.8, 4) is 17.7 Å². The van der Waals surface area contributed by atoms with Crippen LogP contribution >= 0.6 is 0 Å². The van der Waals surface area contributed by atoms with Gasteiger partial charge in [0.05, 0.1) is 24.6 Å². The van der Waals surface area contributed by atoms with E-state index in [1.54, 1.807) is 24.6 Å². The van der Waals surface area contributed by atoms with Crippen molar-refractivity contribution in [2.24, 2.45) is 4.99 Å². The molecule has 4 N–H and O–H groups in total. The van der Waals surface area contributed by atoms with E-state index in [9.17, 15) is 4.79 Å². The van der Waals surface area contributed by atoms with Crippen LogP contribution in [0.15, 0.2) is 60.1 Å². The Labute approximate surface area is 181 Å². The van der Waals surface area contributed by atoms with Crippen LogP contribution in [0.2, 0.25) is 0 Å². The van der Waals surface area contributed by atoms with Crippen LogP contribution in [0.5, 0.6) is 5.88 Å². The molecule has 1 amide bonds. The number of nitrogens with one attached hydrogen (secondary N) is 2. The summed E-state index contributed by atoms with van der Waals surface area (Å²) in [6.07, 6.45) is 9.84. The lowest BCUT2D eigenvalue weighted by Gasteiger charge is -2.06. The second kappa shape index (κ2) is 13.1. The molecule has 0 aromatic carbocycles. The molecule has 9 heteroatoms. The Bertz CT molecular complexity index is 989. The molecule has 0 spiro atoms. The molecule has 2 rings (SSSR count). The Morgan fingerprint density at radius 2 is 2.19 bits per heavy atom. The van der Waals surface area contributed by atoms with Gasteiger partial charge in [-0.05, 0) is 24.3 Å². The zero-order valence-corrected chi connectivity index (χ0v) is 17.3. The van der Waals surface area contributed by atoms with Crippen molar-refractivity contribution < 1.29 is 9.53 Å². The van der Waals surface area contributed by atoms with E-state index < -0.39 is 5.91 Å². The van der Waals surface area contributed by atoms with Crippen molar-refractivity contribution in [3.63, 3.8) is 0 Å². The summed E-state index contributed by atoms with van der Waals surface area (Å²) in [5.41, 5.74) is 7.15. The van der Waals surface area contributed by atoms with Gasteiger partial charge in [-0.25, -0.2) is 15.0 Å². The Morgan fingerprint density at radius 3 is 2.90 bits per heavy atom. The van der Waals surface area contributed by atoms with E-state index in [1.165, 1.54) is 18.5 Å². The van der Waals surface area contributed by atoms with Gasteiger partial charge in [0.15, 0.2) is 6.61 Å². The molecule has 0 radical (unpaired) electrons. The highest BCUT2D eigenvalue weighted by molar-refractivity contribution is 5.94. The minimum atomic E-state index is -0.418. The Hall–Kier alpha value is -4.19. The molecule has 2 heterocycles. The number of hydrogen-bond donors (Lipinski definition) is 3. The maximum atomic E-state index is 12.3. The third kappa shape index (κ3) is 8.37. The van der Waals surface area contributed by atoms with Crippen LogP contribution in [0.1, 0.15) is 23.8 Å². The van der Waals surface area contributed by atoms with E-state index in [2.05, 4.69) is 49.0 Å². The average Bonchev–Trinajstić information content (AvgIpc) is 2.79. The van der Waals surface area contributed by atoms with Crippen LogP contribution in [-0.4, -0.2) is 46.8 Å². The molecule has 0 saturated heterocycles. The molecule has 2 aromatic heterocycles. The predicted octanol–water partition coefficient (Wildman–Crippen LogP) is 2.23. The van der Waals surface area contributed by atoms with E-state index in [4.69, 9.17) is 10.5 Å². The van der Waals surface area contributed by atoms with Gasteiger partial charge in [-0.15, -0.1) is 5.92 Å². The van der Waals surface area contributed by atoms with Crippen molar-refractivity contribution >= 4 is 23.6 Å². The molecule has 0 aliphatic rings. The molecule has 0 atom stereocenters. The number of nitrogen functional groups attached to an aromatic ring is 1. The molecule has 0 bridgehead atoms. The molecule has 0 fully saturated rings. The maximum Gasteiger partial charge on any atom is 0.275 e. The monoisotopic (exact) mass is 419 g/mol. The minimum absolute atomic E-state index is 0.148. The number of anilines is 2. The molecular weight excluding hydrogens is 394 g/mol. The average molecular weight is 419 g/mol. The number of carbonyl (C=O) groups excluding carboxylic acids is 1. The van der Waals surface area contributed by atoms with Gasteiger partial charge in [-0.3, -0.25) is 9.79 Å². The first-order valence-electron chi connectivity index (χ1n) is 9.62. The van der Waals surface area contributed by atoms with Crippen molar-refractivity contribution in [2.45, 2.75) is 13.3 Å². The number of aliphatic imine (C=N–C) groups is 1. The largest absolute Gasteiger partial charge is 0.463 e. The smallest absolute Gasteiger partial charge is 0.275 e. The quantitative estimate of drug-likeness (QED) is 0.233. The van der Waals surface area contributed by atoms with Crippen LogP contribution in [0.25, 0.3) is 0 Å². The van der Waals surface area contributed by atoms with E-state index in [0.29, 0.717) is 30.5 Å². The first-order chi connectivity index (χ1) is 15.1. The SMILES string of the molecule is C=C/C(=C\C=NCCNc1cccnc1N)NC(=O)c1cnc(OCC#CCC)cn1.